The van der Waals surface area contributed by atoms with E-state index in [1.165, 1.54) is 0 Å². The number of hydrogen-bond acceptors (Lipinski definition) is 6. The molecule has 0 heterocycles. The summed E-state index contributed by atoms with van der Waals surface area (Å²) in [6.07, 6.45) is 1.92. The van der Waals surface area contributed by atoms with E-state index in [1.807, 2.05) is 0 Å². The Balaban J connectivity index is 4.45. The van der Waals surface area contributed by atoms with Gasteiger partial charge in [-0.3, -0.25) is 0 Å². The molecule has 0 aromatic carbocycles. The highest BCUT2D eigenvalue weighted by atomic mass is 32.2. The first kappa shape index (κ1) is 15.2. The molecule has 0 aliphatic carbocycles. The third-order valence-electron chi connectivity index (χ3n) is 1.09. The molecule has 6 nitrogen and oxygen atoms in total. The molecule has 0 bridgehead atoms. The summed E-state index contributed by atoms with van der Waals surface area (Å²) in [5.74, 6) is -1.31. The Kier molecular flexibility index (Phi) is 5.79. The van der Waals surface area contributed by atoms with Crippen LogP contribution < -0.4 is 0 Å². The molecule has 0 unspecified atom stereocenters. The molecule has 0 saturated heterocycles. The highest BCUT2D eigenvalue weighted by molar-refractivity contribution is 7.87. The second-order valence-corrected chi connectivity index (χ2v) is 5.78. The largest absolute Gasteiger partial charge is 0.338 e. The van der Waals surface area contributed by atoms with Gasteiger partial charge in [-0.05, 0) is 0 Å². The Bertz CT molecular complexity index is 395. The van der Waals surface area contributed by atoms with E-state index in [0.29, 0.717) is 0 Å². The molecular formula is C7H11FO6S2. The monoisotopic (exact) mass is 274 g/mol. The molecule has 0 radical (unpaired) electrons. The Morgan fingerprint density at radius 2 is 1.31 bits per heavy atom. The van der Waals surface area contributed by atoms with Gasteiger partial charge in [0.05, 0.1) is 11.5 Å². The Hall–Kier alpha value is -0.770. The van der Waals surface area contributed by atoms with E-state index in [4.69, 9.17) is 0 Å². The first-order chi connectivity index (χ1) is 7.22. The summed E-state index contributed by atoms with van der Waals surface area (Å²) in [7, 11) is -8.45. The lowest BCUT2D eigenvalue weighted by atomic mass is 10.8. The fourth-order valence-electron chi connectivity index (χ4n) is 0.614. The second kappa shape index (κ2) is 6.09. The maximum Gasteiger partial charge on any atom is 0.338 e. The van der Waals surface area contributed by atoms with Crippen molar-refractivity contribution in [1.29, 1.82) is 0 Å². The molecule has 16 heavy (non-hydrogen) atoms. The van der Waals surface area contributed by atoms with Gasteiger partial charge in [0.15, 0.2) is 0 Å². The van der Waals surface area contributed by atoms with Crippen molar-refractivity contribution >= 4 is 20.2 Å². The molecule has 0 amide bonds. The summed E-state index contributed by atoms with van der Waals surface area (Å²) < 4.78 is 63.7. The van der Waals surface area contributed by atoms with Crippen molar-refractivity contribution in [3.8, 4) is 0 Å². The minimum Gasteiger partial charge on any atom is -0.206 e. The van der Waals surface area contributed by atoms with Gasteiger partial charge in [0.1, 0.15) is 0 Å². The van der Waals surface area contributed by atoms with Crippen molar-refractivity contribution in [3.05, 3.63) is 25.3 Å². The molecule has 9 heteroatoms. The molecule has 0 saturated carbocycles. The molecule has 94 valence electrons. The van der Waals surface area contributed by atoms with Crippen molar-refractivity contribution in [2.45, 2.75) is 6.54 Å². The van der Waals surface area contributed by atoms with Crippen molar-refractivity contribution in [2.24, 2.45) is 0 Å². The van der Waals surface area contributed by atoms with Crippen LogP contribution in [0.4, 0.5) is 4.39 Å². The van der Waals surface area contributed by atoms with E-state index >= 15 is 0 Å². The standard InChI is InChI=1S/C7H11FO6S2/c1-3-5-15(9,10)13-7(8)14-16(11,12)6-4-2/h3-4,7H,1-2,5-6H2. The average molecular weight is 274 g/mol. The third-order valence-corrected chi connectivity index (χ3v) is 3.27. The van der Waals surface area contributed by atoms with Gasteiger partial charge in [0.2, 0.25) is 0 Å². The predicted octanol–water partition coefficient (Wildman–Crippen LogP) is 0.304. The minimum absolute atomic E-state index is 0.654. The van der Waals surface area contributed by atoms with Gasteiger partial charge in [-0.2, -0.15) is 21.2 Å². The smallest absolute Gasteiger partial charge is 0.206 e. The van der Waals surface area contributed by atoms with Crippen LogP contribution in [0.1, 0.15) is 0 Å². The number of alkyl halides is 1. The van der Waals surface area contributed by atoms with Crippen LogP contribution >= 0.6 is 0 Å². The molecule has 0 aliphatic heterocycles. The van der Waals surface area contributed by atoms with Gasteiger partial charge in [-0.15, -0.1) is 13.2 Å². The summed E-state index contributed by atoms with van der Waals surface area (Å²) in [5, 5.41) is 0. The van der Waals surface area contributed by atoms with Gasteiger partial charge in [-0.25, -0.2) is 8.37 Å². The summed E-state index contributed by atoms with van der Waals surface area (Å²) in [5.41, 5.74) is 0. The molecule has 0 aromatic heterocycles. The molecular weight excluding hydrogens is 263 g/mol. The van der Waals surface area contributed by atoms with Gasteiger partial charge in [0.25, 0.3) is 20.2 Å². The van der Waals surface area contributed by atoms with Crippen LogP contribution in [0.5, 0.6) is 0 Å². The van der Waals surface area contributed by atoms with Gasteiger partial charge in [-0.1, -0.05) is 12.2 Å². The summed E-state index contributed by atoms with van der Waals surface area (Å²) >= 11 is 0. The zero-order valence-electron chi connectivity index (χ0n) is 8.20. The maximum absolute atomic E-state index is 12.8. The minimum atomic E-state index is -4.23. The number of hydrogen-bond donors (Lipinski definition) is 0. The lowest BCUT2D eigenvalue weighted by molar-refractivity contribution is -0.0887. The van der Waals surface area contributed by atoms with Crippen LogP contribution in [0, 0.1) is 0 Å². The fraction of sp³-hybridized carbons (Fsp3) is 0.429. The van der Waals surface area contributed by atoms with E-state index in [0.717, 1.165) is 12.2 Å². The quantitative estimate of drug-likeness (QED) is 0.359. The van der Waals surface area contributed by atoms with Crippen LogP contribution in [0.15, 0.2) is 25.3 Å². The highest BCUT2D eigenvalue weighted by Gasteiger charge is 2.23. The van der Waals surface area contributed by atoms with E-state index < -0.39 is 38.3 Å². The number of halogens is 1. The number of rotatable bonds is 8. The Labute approximate surface area is 93.6 Å². The zero-order chi connectivity index (χ0) is 12.8. The van der Waals surface area contributed by atoms with Crippen molar-refractivity contribution in [3.63, 3.8) is 0 Å². The molecule has 0 N–H and O–H groups in total. The second-order valence-electron chi connectivity index (χ2n) is 2.49. The van der Waals surface area contributed by atoms with Gasteiger partial charge in [0, 0.05) is 0 Å². The van der Waals surface area contributed by atoms with Gasteiger partial charge >= 0.3 is 6.54 Å². The lowest BCUT2D eigenvalue weighted by Crippen LogP contribution is -2.23. The van der Waals surface area contributed by atoms with Gasteiger partial charge < -0.3 is 0 Å². The first-order valence-electron chi connectivity index (χ1n) is 3.90. The van der Waals surface area contributed by atoms with Crippen molar-refractivity contribution in [1.82, 2.24) is 0 Å². The van der Waals surface area contributed by atoms with Crippen LogP contribution in [-0.4, -0.2) is 34.9 Å². The maximum atomic E-state index is 12.8. The molecule has 0 spiro atoms. The zero-order valence-corrected chi connectivity index (χ0v) is 9.84. The summed E-state index contributed by atoms with van der Waals surface area (Å²) in [6, 6.07) is 0. The molecule has 0 aliphatic rings. The Morgan fingerprint density at radius 1 is 1.00 bits per heavy atom. The average Bonchev–Trinajstić information content (AvgIpc) is 1.99. The SMILES string of the molecule is C=CCS(=O)(=O)OC(F)OS(=O)(=O)CC=C. The van der Waals surface area contributed by atoms with Crippen LogP contribution in [0.25, 0.3) is 0 Å². The molecule has 0 atom stereocenters. The Morgan fingerprint density at radius 3 is 1.56 bits per heavy atom. The summed E-state index contributed by atoms with van der Waals surface area (Å²) in [6.45, 7) is 3.30. The van der Waals surface area contributed by atoms with Crippen LogP contribution in [0.2, 0.25) is 0 Å². The summed E-state index contributed by atoms with van der Waals surface area (Å²) in [4.78, 5) is 0. The van der Waals surface area contributed by atoms with E-state index in [9.17, 15) is 21.2 Å². The molecule has 0 fully saturated rings. The predicted molar refractivity (Wildman–Crippen MR) is 55.0 cm³/mol. The fourth-order valence-corrected chi connectivity index (χ4v) is 1.94. The molecule has 0 aromatic rings. The molecule has 0 rings (SSSR count). The van der Waals surface area contributed by atoms with Crippen molar-refractivity contribution < 1.29 is 29.6 Å². The normalized spacial score (nSPS) is 12.6. The van der Waals surface area contributed by atoms with Crippen LogP contribution in [-0.2, 0) is 28.6 Å². The van der Waals surface area contributed by atoms with E-state index in [1.54, 1.807) is 0 Å². The lowest BCUT2D eigenvalue weighted by Gasteiger charge is -2.08. The van der Waals surface area contributed by atoms with E-state index in [2.05, 4.69) is 21.5 Å². The third kappa shape index (κ3) is 6.67. The topological polar surface area (TPSA) is 86.7 Å². The van der Waals surface area contributed by atoms with E-state index in [-0.39, 0.29) is 0 Å². The van der Waals surface area contributed by atoms with Crippen LogP contribution in [0.3, 0.4) is 0 Å². The highest BCUT2D eigenvalue weighted by Crippen LogP contribution is 2.08. The van der Waals surface area contributed by atoms with Crippen molar-refractivity contribution in [2.75, 3.05) is 11.5 Å². The first-order valence-corrected chi connectivity index (χ1v) is 7.05.